The zero-order valence-electron chi connectivity index (χ0n) is 12.0. The smallest absolute Gasteiger partial charge is 0.0829 e. The molecule has 19 heavy (non-hydrogen) atoms. The lowest BCUT2D eigenvalue weighted by Crippen LogP contribution is -2.52. The molecule has 5 aliphatic rings. The fourth-order valence-corrected chi connectivity index (χ4v) is 5.61. The maximum Gasteiger partial charge on any atom is 0.0829 e. The Labute approximate surface area is 116 Å². The van der Waals surface area contributed by atoms with E-state index in [1.807, 2.05) is 0 Å². The Morgan fingerprint density at radius 3 is 2.11 bits per heavy atom. The van der Waals surface area contributed by atoms with Gasteiger partial charge in [-0.25, -0.2) is 0 Å². The van der Waals surface area contributed by atoms with E-state index in [0.29, 0.717) is 6.61 Å². The van der Waals surface area contributed by atoms with E-state index in [4.69, 9.17) is 4.74 Å². The highest BCUT2D eigenvalue weighted by Crippen LogP contribution is 2.61. The molecule has 0 aromatic carbocycles. The Kier molecular flexibility index (Phi) is 3.15. The number of aliphatic hydroxyl groups excluding tert-OH is 1. The lowest BCUT2D eigenvalue weighted by molar-refractivity contribution is -0.139. The lowest BCUT2D eigenvalue weighted by atomic mass is 9.48. The largest absolute Gasteiger partial charge is 0.390 e. The minimum absolute atomic E-state index is 0.194. The molecule has 0 aliphatic heterocycles. The van der Waals surface area contributed by atoms with Crippen molar-refractivity contribution in [2.75, 3.05) is 13.2 Å². The van der Waals surface area contributed by atoms with Crippen molar-refractivity contribution in [2.45, 2.75) is 63.9 Å². The van der Waals surface area contributed by atoms with Gasteiger partial charge < -0.3 is 9.84 Å². The summed E-state index contributed by atoms with van der Waals surface area (Å²) in [6.45, 7) is 1.47. The van der Waals surface area contributed by atoms with Gasteiger partial charge in [-0.1, -0.05) is 12.8 Å². The van der Waals surface area contributed by atoms with Crippen LogP contribution in [-0.4, -0.2) is 24.4 Å². The summed E-state index contributed by atoms with van der Waals surface area (Å²) >= 11 is 0. The van der Waals surface area contributed by atoms with Crippen molar-refractivity contribution in [1.29, 1.82) is 0 Å². The summed E-state index contributed by atoms with van der Waals surface area (Å²) in [4.78, 5) is 0. The van der Waals surface area contributed by atoms with Crippen LogP contribution >= 0.6 is 0 Å². The summed E-state index contributed by atoms with van der Waals surface area (Å²) in [5.74, 6) is 3.71. The summed E-state index contributed by atoms with van der Waals surface area (Å²) in [5, 5.41) is 10.7. The number of hydrogen-bond donors (Lipinski definition) is 1. The normalized spacial score (nSPS) is 45.6. The zero-order valence-corrected chi connectivity index (χ0v) is 12.0. The fraction of sp³-hybridized carbons (Fsp3) is 1.00. The van der Waals surface area contributed by atoms with Crippen molar-refractivity contribution < 1.29 is 9.84 Å². The van der Waals surface area contributed by atoms with Gasteiger partial charge in [0.05, 0.1) is 12.7 Å². The molecule has 5 aliphatic carbocycles. The van der Waals surface area contributed by atoms with E-state index in [0.717, 1.165) is 30.3 Å². The number of aliphatic hydroxyl groups is 1. The van der Waals surface area contributed by atoms with Crippen molar-refractivity contribution in [3.8, 4) is 0 Å². The molecule has 1 N–H and O–H groups in total. The first-order valence-corrected chi connectivity index (χ1v) is 8.49. The van der Waals surface area contributed by atoms with Crippen LogP contribution in [0.15, 0.2) is 0 Å². The fourth-order valence-electron chi connectivity index (χ4n) is 5.61. The van der Waals surface area contributed by atoms with Gasteiger partial charge >= 0.3 is 0 Å². The highest BCUT2D eigenvalue weighted by atomic mass is 16.5. The highest BCUT2D eigenvalue weighted by molar-refractivity contribution is 5.04. The van der Waals surface area contributed by atoms with Crippen LogP contribution in [0.4, 0.5) is 0 Å². The molecule has 0 aromatic heterocycles. The van der Waals surface area contributed by atoms with Crippen molar-refractivity contribution in [2.24, 2.45) is 29.1 Å². The average molecular weight is 264 g/mol. The molecule has 1 unspecified atom stereocenters. The van der Waals surface area contributed by atoms with Gasteiger partial charge in [0.1, 0.15) is 0 Å². The number of ether oxygens (including phenoxy) is 1. The zero-order chi connectivity index (χ0) is 12.9. The van der Waals surface area contributed by atoms with Gasteiger partial charge in [0.2, 0.25) is 0 Å². The standard InChI is InChI=1S/C17H28O2/c18-16(11-19-4-3-12-1-2-12)17-8-13-5-14(9-17)7-15(6-13)10-17/h12-16,18H,1-11H2. The molecule has 0 spiro atoms. The summed E-state index contributed by atoms with van der Waals surface area (Å²) < 4.78 is 5.79. The topological polar surface area (TPSA) is 29.5 Å². The average Bonchev–Trinajstić information content (AvgIpc) is 3.16. The number of hydrogen-bond acceptors (Lipinski definition) is 2. The first-order valence-electron chi connectivity index (χ1n) is 8.49. The van der Waals surface area contributed by atoms with Gasteiger partial charge in [0.25, 0.3) is 0 Å². The molecule has 4 bridgehead atoms. The van der Waals surface area contributed by atoms with E-state index < -0.39 is 0 Å². The Bertz CT molecular complexity index is 299. The van der Waals surface area contributed by atoms with Crippen LogP contribution in [0.1, 0.15) is 57.8 Å². The van der Waals surface area contributed by atoms with E-state index in [2.05, 4.69) is 0 Å². The molecule has 2 heteroatoms. The minimum atomic E-state index is -0.194. The van der Waals surface area contributed by atoms with Gasteiger partial charge in [-0.2, -0.15) is 0 Å². The van der Waals surface area contributed by atoms with Crippen LogP contribution in [0, 0.1) is 29.1 Å². The maximum atomic E-state index is 10.7. The summed E-state index contributed by atoms with van der Waals surface area (Å²) in [7, 11) is 0. The monoisotopic (exact) mass is 264 g/mol. The van der Waals surface area contributed by atoms with Crippen LogP contribution < -0.4 is 0 Å². The van der Waals surface area contributed by atoms with Crippen molar-refractivity contribution in [3.63, 3.8) is 0 Å². The van der Waals surface area contributed by atoms with E-state index in [9.17, 15) is 5.11 Å². The molecule has 5 rings (SSSR count). The molecule has 0 heterocycles. The highest BCUT2D eigenvalue weighted by Gasteiger charge is 2.53. The second kappa shape index (κ2) is 4.73. The van der Waals surface area contributed by atoms with Crippen LogP contribution in [0.25, 0.3) is 0 Å². The first-order chi connectivity index (χ1) is 9.23. The quantitative estimate of drug-likeness (QED) is 0.745. The second-order valence-corrected chi connectivity index (χ2v) is 8.10. The number of rotatable bonds is 6. The van der Waals surface area contributed by atoms with Crippen LogP contribution in [0.3, 0.4) is 0 Å². The maximum absolute atomic E-state index is 10.7. The van der Waals surface area contributed by atoms with Crippen molar-refractivity contribution in [3.05, 3.63) is 0 Å². The van der Waals surface area contributed by atoms with Crippen LogP contribution in [0.5, 0.6) is 0 Å². The summed E-state index contributed by atoms with van der Waals surface area (Å²) in [5.41, 5.74) is 0.244. The molecule has 0 radical (unpaired) electrons. The minimum Gasteiger partial charge on any atom is -0.390 e. The van der Waals surface area contributed by atoms with Crippen molar-refractivity contribution >= 4 is 0 Å². The van der Waals surface area contributed by atoms with Gasteiger partial charge in [0, 0.05) is 6.61 Å². The summed E-state index contributed by atoms with van der Waals surface area (Å²) in [6, 6.07) is 0. The molecule has 2 nitrogen and oxygen atoms in total. The van der Waals surface area contributed by atoms with E-state index in [1.54, 1.807) is 0 Å². The Morgan fingerprint density at radius 1 is 1.00 bits per heavy atom. The van der Waals surface area contributed by atoms with E-state index in [1.165, 1.54) is 57.8 Å². The predicted octanol–water partition coefficient (Wildman–Crippen LogP) is 3.38. The van der Waals surface area contributed by atoms with E-state index >= 15 is 0 Å². The molecule has 108 valence electrons. The van der Waals surface area contributed by atoms with Crippen LogP contribution in [0.2, 0.25) is 0 Å². The molecule has 0 aromatic rings. The third kappa shape index (κ3) is 2.47. The molecular formula is C17H28O2. The third-order valence-electron chi connectivity index (χ3n) is 6.44. The Hall–Kier alpha value is -0.0800. The second-order valence-electron chi connectivity index (χ2n) is 8.10. The molecule has 1 atom stereocenters. The Balaban J connectivity index is 1.32. The predicted molar refractivity (Wildman–Crippen MR) is 74.8 cm³/mol. The first kappa shape index (κ1) is 12.6. The Morgan fingerprint density at radius 2 is 1.58 bits per heavy atom. The van der Waals surface area contributed by atoms with Gasteiger partial charge in [-0.3, -0.25) is 0 Å². The third-order valence-corrected chi connectivity index (χ3v) is 6.44. The SMILES string of the molecule is OC(COCCC1CC1)C12CC3CC(CC(C3)C1)C2. The van der Waals surface area contributed by atoms with Crippen LogP contribution in [-0.2, 0) is 4.74 Å². The molecule has 0 saturated heterocycles. The van der Waals surface area contributed by atoms with Gasteiger partial charge in [-0.05, 0) is 74.0 Å². The molecule has 5 fully saturated rings. The van der Waals surface area contributed by atoms with E-state index in [-0.39, 0.29) is 11.5 Å². The van der Waals surface area contributed by atoms with Crippen molar-refractivity contribution in [1.82, 2.24) is 0 Å². The molecular weight excluding hydrogens is 236 g/mol. The summed E-state index contributed by atoms with van der Waals surface area (Å²) in [6.07, 6.45) is 12.0. The van der Waals surface area contributed by atoms with Gasteiger partial charge in [0.15, 0.2) is 0 Å². The lowest BCUT2D eigenvalue weighted by Gasteiger charge is -2.58. The molecule has 5 saturated carbocycles. The molecule has 0 amide bonds. The van der Waals surface area contributed by atoms with Gasteiger partial charge in [-0.15, -0.1) is 0 Å².